The molecule has 6 rings (SSSR count). The van der Waals surface area contributed by atoms with Crippen LogP contribution < -0.4 is 5.32 Å². The maximum atomic E-state index is 13.4. The topological polar surface area (TPSA) is 65.7 Å². The molecule has 1 aliphatic heterocycles. The zero-order chi connectivity index (χ0) is 22.4. The van der Waals surface area contributed by atoms with Gasteiger partial charge in [-0.2, -0.15) is 0 Å². The largest absolute Gasteiger partial charge is 0.464 e. The lowest BCUT2D eigenvalue weighted by atomic mass is 9.79. The molecule has 1 aromatic heterocycles. The molecular formula is C28H32N2O3. The van der Waals surface area contributed by atoms with Crippen molar-refractivity contribution in [1.82, 2.24) is 10.2 Å². The average molecular weight is 445 g/mol. The van der Waals surface area contributed by atoms with Crippen molar-refractivity contribution < 1.29 is 14.3 Å². The number of hydrogen-bond acceptors (Lipinski definition) is 4. The average Bonchev–Trinajstić information content (AvgIpc) is 3.40. The Hall–Kier alpha value is -2.63. The Bertz CT molecular complexity index is 1120. The number of piperidine rings is 1. The van der Waals surface area contributed by atoms with Gasteiger partial charge in [-0.1, -0.05) is 49.2 Å². The van der Waals surface area contributed by atoms with Gasteiger partial charge in [0.25, 0.3) is 5.91 Å². The van der Waals surface area contributed by atoms with E-state index in [-0.39, 0.29) is 17.9 Å². The van der Waals surface area contributed by atoms with Crippen molar-refractivity contribution >= 4 is 16.9 Å². The van der Waals surface area contributed by atoms with Crippen molar-refractivity contribution in [3.63, 3.8) is 0 Å². The van der Waals surface area contributed by atoms with Gasteiger partial charge in [0.15, 0.2) is 5.60 Å². The second-order valence-electron chi connectivity index (χ2n) is 10.2. The van der Waals surface area contributed by atoms with E-state index in [0.29, 0.717) is 11.8 Å². The Morgan fingerprint density at radius 3 is 2.58 bits per heavy atom. The molecule has 3 atom stereocenters. The first-order valence-corrected chi connectivity index (χ1v) is 12.4. The molecule has 1 amide bonds. The summed E-state index contributed by atoms with van der Waals surface area (Å²) < 4.78 is 5.44. The summed E-state index contributed by atoms with van der Waals surface area (Å²) in [6.07, 6.45) is 6.76. The normalized spacial score (nSPS) is 26.9. The molecule has 5 nitrogen and oxygen atoms in total. The molecule has 2 aliphatic carbocycles. The minimum atomic E-state index is -1.42. The Morgan fingerprint density at radius 2 is 1.82 bits per heavy atom. The van der Waals surface area contributed by atoms with Crippen LogP contribution in [0.4, 0.5) is 0 Å². The second kappa shape index (κ2) is 8.30. The molecule has 5 heteroatoms. The van der Waals surface area contributed by atoms with Crippen molar-refractivity contribution in [2.45, 2.75) is 43.7 Å². The summed E-state index contributed by atoms with van der Waals surface area (Å²) in [6.45, 7) is 3.08. The zero-order valence-corrected chi connectivity index (χ0v) is 19.0. The van der Waals surface area contributed by atoms with Crippen LogP contribution in [0.15, 0.2) is 65.3 Å². The third-order valence-corrected chi connectivity index (χ3v) is 8.31. The zero-order valence-electron chi connectivity index (χ0n) is 19.0. The highest BCUT2D eigenvalue weighted by atomic mass is 16.3. The Balaban J connectivity index is 1.06. The monoisotopic (exact) mass is 444 g/mol. The van der Waals surface area contributed by atoms with Crippen LogP contribution in [0, 0.1) is 17.8 Å². The predicted octanol–water partition coefficient (Wildman–Crippen LogP) is 4.10. The second-order valence-corrected chi connectivity index (χ2v) is 10.2. The third kappa shape index (κ3) is 3.77. The van der Waals surface area contributed by atoms with E-state index in [0.717, 1.165) is 68.3 Å². The number of fused-ring (bicyclic) bond motifs is 2. The smallest absolute Gasteiger partial charge is 0.257 e. The van der Waals surface area contributed by atoms with E-state index in [9.17, 15) is 9.90 Å². The number of likely N-dealkylation sites (tertiary alicyclic amines) is 1. The Labute approximate surface area is 194 Å². The van der Waals surface area contributed by atoms with Crippen molar-refractivity contribution in [3.8, 4) is 0 Å². The number of benzene rings is 2. The molecule has 172 valence electrons. The van der Waals surface area contributed by atoms with E-state index in [1.165, 1.54) is 5.56 Å². The van der Waals surface area contributed by atoms with E-state index in [1.54, 1.807) is 6.26 Å². The van der Waals surface area contributed by atoms with Crippen molar-refractivity contribution in [2.75, 3.05) is 19.6 Å². The van der Waals surface area contributed by atoms with Crippen molar-refractivity contribution in [1.29, 1.82) is 0 Å². The van der Waals surface area contributed by atoms with E-state index in [2.05, 4.69) is 28.4 Å². The molecule has 1 saturated heterocycles. The summed E-state index contributed by atoms with van der Waals surface area (Å²) in [5, 5.41) is 16.1. The standard InChI is InChI=1S/C28H32N2O3/c31-27(28(32,22-8-4-5-9-22)21-6-2-1-3-7-21)29-26-23-17-30(18-24(23)26)14-12-19-10-11-25-20(16-19)13-15-33-25/h1-3,6-7,10-11,13,15-16,22-24,26,32H,4-5,8-9,12,14,17-18H2,(H,29,31). The molecule has 33 heavy (non-hydrogen) atoms. The van der Waals surface area contributed by atoms with Crippen molar-refractivity contribution in [2.24, 2.45) is 17.8 Å². The fourth-order valence-corrected chi connectivity index (χ4v) is 6.32. The summed E-state index contributed by atoms with van der Waals surface area (Å²) in [4.78, 5) is 15.9. The number of hydrogen-bond donors (Lipinski definition) is 2. The van der Waals surface area contributed by atoms with Gasteiger partial charge in [-0.15, -0.1) is 0 Å². The van der Waals surface area contributed by atoms with E-state index >= 15 is 0 Å². The van der Waals surface area contributed by atoms with Crippen molar-refractivity contribution in [3.05, 3.63) is 72.0 Å². The molecule has 2 N–H and O–H groups in total. The predicted molar refractivity (Wildman–Crippen MR) is 128 cm³/mol. The SMILES string of the molecule is O=C(NC1C2CN(CCc3ccc4occc4c3)CC21)C(O)(c1ccccc1)C1CCCC1. The number of furan rings is 1. The molecule has 0 spiro atoms. The first kappa shape index (κ1) is 20.9. The maximum absolute atomic E-state index is 13.4. The number of carbonyl (C=O) groups excluding carboxylic acids is 1. The highest BCUT2D eigenvalue weighted by Gasteiger charge is 2.58. The molecule has 3 fully saturated rings. The van der Waals surface area contributed by atoms with Crippen LogP contribution in [-0.4, -0.2) is 41.6 Å². The van der Waals surface area contributed by atoms with Gasteiger partial charge < -0.3 is 19.7 Å². The number of amides is 1. The van der Waals surface area contributed by atoms with Gasteiger partial charge in [0.05, 0.1) is 6.26 Å². The highest BCUT2D eigenvalue weighted by Crippen LogP contribution is 2.47. The maximum Gasteiger partial charge on any atom is 0.257 e. The van der Waals surface area contributed by atoms with Crippen LogP contribution in [0.2, 0.25) is 0 Å². The number of rotatable bonds is 7. The fraction of sp³-hybridized carbons (Fsp3) is 0.464. The van der Waals surface area contributed by atoms with Gasteiger partial charge in [-0.05, 0) is 60.4 Å². The van der Waals surface area contributed by atoms with Gasteiger partial charge in [0, 0.05) is 37.0 Å². The van der Waals surface area contributed by atoms with Crippen LogP contribution in [0.25, 0.3) is 11.0 Å². The summed E-state index contributed by atoms with van der Waals surface area (Å²) in [6, 6.07) is 18.2. The van der Waals surface area contributed by atoms with Gasteiger partial charge in [0.1, 0.15) is 5.58 Å². The van der Waals surface area contributed by atoms with Gasteiger partial charge >= 0.3 is 0 Å². The minimum absolute atomic E-state index is 0.00237. The summed E-state index contributed by atoms with van der Waals surface area (Å²) >= 11 is 0. The summed E-state index contributed by atoms with van der Waals surface area (Å²) in [7, 11) is 0. The van der Waals surface area contributed by atoms with E-state index < -0.39 is 5.60 Å². The molecule has 3 unspecified atom stereocenters. The van der Waals surface area contributed by atoms with Crippen LogP contribution >= 0.6 is 0 Å². The lowest BCUT2D eigenvalue weighted by Crippen LogP contribution is -2.51. The molecule has 2 saturated carbocycles. The number of aliphatic hydroxyl groups is 1. The van der Waals surface area contributed by atoms with Crippen LogP contribution in [0.3, 0.4) is 0 Å². The van der Waals surface area contributed by atoms with Gasteiger partial charge in [0.2, 0.25) is 0 Å². The van der Waals surface area contributed by atoms with E-state index in [1.807, 2.05) is 36.4 Å². The van der Waals surface area contributed by atoms with Gasteiger partial charge in [-0.3, -0.25) is 4.79 Å². The summed E-state index contributed by atoms with van der Waals surface area (Å²) in [5.74, 6) is 0.824. The fourth-order valence-electron chi connectivity index (χ4n) is 6.32. The molecule has 3 aliphatic rings. The highest BCUT2D eigenvalue weighted by molar-refractivity contribution is 5.87. The molecule has 2 aromatic carbocycles. The quantitative estimate of drug-likeness (QED) is 0.576. The van der Waals surface area contributed by atoms with E-state index in [4.69, 9.17) is 4.42 Å². The molecule has 0 bridgehead atoms. The molecule has 2 heterocycles. The Kier molecular flexibility index (Phi) is 5.27. The third-order valence-electron chi connectivity index (χ3n) is 8.31. The Morgan fingerprint density at radius 1 is 1.06 bits per heavy atom. The number of carbonyl (C=O) groups is 1. The lowest BCUT2D eigenvalue weighted by Gasteiger charge is -2.33. The molecule has 0 radical (unpaired) electrons. The van der Waals surface area contributed by atoms with Crippen LogP contribution in [0.1, 0.15) is 36.8 Å². The number of nitrogens with zero attached hydrogens (tertiary/aromatic N) is 1. The van der Waals surface area contributed by atoms with Gasteiger partial charge in [-0.25, -0.2) is 0 Å². The molecule has 3 aromatic rings. The molecular weight excluding hydrogens is 412 g/mol. The minimum Gasteiger partial charge on any atom is -0.464 e. The lowest BCUT2D eigenvalue weighted by molar-refractivity contribution is -0.147. The first-order chi connectivity index (χ1) is 16.1. The summed E-state index contributed by atoms with van der Waals surface area (Å²) in [5.41, 5.74) is 1.59. The first-order valence-electron chi connectivity index (χ1n) is 12.4. The van der Waals surface area contributed by atoms with Crippen LogP contribution in [-0.2, 0) is 16.8 Å². The number of nitrogens with one attached hydrogen (secondary N) is 1. The van der Waals surface area contributed by atoms with Crippen LogP contribution in [0.5, 0.6) is 0 Å².